The largest absolute Gasteiger partial charge is 0.465 e. The average molecular weight is 287 g/mol. The molecule has 0 unspecified atom stereocenters. The summed E-state index contributed by atoms with van der Waals surface area (Å²) in [6, 6.07) is 6.58. The van der Waals surface area contributed by atoms with Gasteiger partial charge in [-0.1, -0.05) is 48.0 Å². The molecule has 0 aliphatic carbocycles. The Hall–Kier alpha value is -1.16. The number of Topliss-reactive ketones (excluding diaryl/α,β-unsaturated/α-hetero) is 1. The molecular formula is C12H15BrO3. The normalized spacial score (nSPS) is 8.75. The minimum Gasteiger partial charge on any atom is -0.465 e. The molecule has 0 saturated carbocycles. The second-order valence-corrected chi connectivity index (χ2v) is 3.15. The van der Waals surface area contributed by atoms with Gasteiger partial charge >= 0.3 is 5.97 Å². The zero-order chi connectivity index (χ0) is 12.6. The first kappa shape index (κ1) is 14.8. The molecule has 0 amide bonds. The number of ether oxygens (including phenoxy) is 1. The maximum atomic E-state index is 11.4. The zero-order valence-electron chi connectivity index (χ0n) is 9.62. The molecule has 0 spiro atoms. The van der Waals surface area contributed by atoms with Crippen LogP contribution >= 0.6 is 15.9 Å². The highest BCUT2D eigenvalue weighted by atomic mass is 79.9. The van der Waals surface area contributed by atoms with Crippen molar-refractivity contribution in [3.05, 3.63) is 35.4 Å². The molecule has 1 aromatic rings. The lowest BCUT2D eigenvalue weighted by Gasteiger charge is -2.04. The highest BCUT2D eigenvalue weighted by Gasteiger charge is 2.15. The summed E-state index contributed by atoms with van der Waals surface area (Å²) in [4.78, 5) is 22.7. The van der Waals surface area contributed by atoms with Crippen molar-refractivity contribution >= 4 is 27.7 Å². The number of rotatable bonds is 3. The molecule has 0 N–H and O–H groups in total. The quantitative estimate of drug-likeness (QED) is 0.487. The summed E-state index contributed by atoms with van der Waals surface area (Å²) in [5.41, 5.74) is 0.690. The molecule has 0 atom stereocenters. The van der Waals surface area contributed by atoms with Crippen molar-refractivity contribution in [1.82, 2.24) is 0 Å². The molecule has 0 fully saturated rings. The number of benzene rings is 1. The standard InChI is InChI=1S/C10H9BrO3.C2H6/c1-14-10(13)8-5-3-2-4-7(8)9(12)6-11;1-2/h2-5H,6H2,1H3;1-2H3. The van der Waals surface area contributed by atoms with Gasteiger partial charge in [0.05, 0.1) is 18.0 Å². The van der Waals surface area contributed by atoms with Crippen molar-refractivity contribution in [3.63, 3.8) is 0 Å². The van der Waals surface area contributed by atoms with Crippen LogP contribution in [0.3, 0.4) is 0 Å². The monoisotopic (exact) mass is 286 g/mol. The summed E-state index contributed by atoms with van der Waals surface area (Å²) in [7, 11) is 1.29. The fourth-order valence-corrected chi connectivity index (χ4v) is 1.39. The number of hydrogen-bond donors (Lipinski definition) is 0. The summed E-state index contributed by atoms with van der Waals surface area (Å²) in [6.45, 7) is 4.00. The van der Waals surface area contributed by atoms with E-state index in [-0.39, 0.29) is 11.1 Å². The Balaban J connectivity index is 0.00000106. The Morgan fingerprint density at radius 3 is 2.12 bits per heavy atom. The van der Waals surface area contributed by atoms with Gasteiger partial charge in [0.15, 0.2) is 5.78 Å². The number of methoxy groups -OCH3 is 1. The highest BCUT2D eigenvalue weighted by molar-refractivity contribution is 9.09. The van der Waals surface area contributed by atoms with Gasteiger partial charge in [-0.2, -0.15) is 0 Å². The molecule has 0 aliphatic heterocycles. The third kappa shape index (κ3) is 3.77. The van der Waals surface area contributed by atoms with Gasteiger partial charge in [0.1, 0.15) is 0 Å². The molecule has 88 valence electrons. The van der Waals surface area contributed by atoms with Gasteiger partial charge in [-0.05, 0) is 6.07 Å². The number of carbonyl (C=O) groups is 2. The van der Waals surface area contributed by atoms with Gasteiger partial charge < -0.3 is 4.74 Å². The minimum atomic E-state index is -0.491. The van der Waals surface area contributed by atoms with Crippen molar-refractivity contribution in [3.8, 4) is 0 Å². The van der Waals surface area contributed by atoms with E-state index < -0.39 is 5.97 Å². The Morgan fingerprint density at radius 1 is 1.19 bits per heavy atom. The predicted octanol–water partition coefficient (Wildman–Crippen LogP) is 3.08. The molecule has 0 aromatic heterocycles. The van der Waals surface area contributed by atoms with Crippen LogP contribution in [0, 0.1) is 0 Å². The molecule has 16 heavy (non-hydrogen) atoms. The Kier molecular flexibility index (Phi) is 7.46. The maximum absolute atomic E-state index is 11.4. The topological polar surface area (TPSA) is 43.4 Å². The predicted molar refractivity (Wildman–Crippen MR) is 67.3 cm³/mol. The summed E-state index contributed by atoms with van der Waals surface area (Å²) < 4.78 is 4.57. The van der Waals surface area contributed by atoms with E-state index in [9.17, 15) is 9.59 Å². The number of alkyl halides is 1. The second kappa shape index (κ2) is 8.05. The lowest BCUT2D eigenvalue weighted by atomic mass is 10.0. The Morgan fingerprint density at radius 2 is 1.69 bits per heavy atom. The first-order valence-corrected chi connectivity index (χ1v) is 6.09. The van der Waals surface area contributed by atoms with Crippen LogP contribution in [0.2, 0.25) is 0 Å². The van der Waals surface area contributed by atoms with Crippen LogP contribution in [0.15, 0.2) is 24.3 Å². The van der Waals surface area contributed by atoms with E-state index in [4.69, 9.17) is 0 Å². The molecule has 0 bridgehead atoms. The lowest BCUT2D eigenvalue weighted by molar-refractivity contribution is 0.0597. The van der Waals surface area contributed by atoms with Crippen LogP contribution in [0.5, 0.6) is 0 Å². The van der Waals surface area contributed by atoms with Crippen molar-refractivity contribution in [2.24, 2.45) is 0 Å². The molecule has 0 heterocycles. The molecule has 3 nitrogen and oxygen atoms in total. The second-order valence-electron chi connectivity index (χ2n) is 2.59. The van der Waals surface area contributed by atoms with E-state index in [1.807, 2.05) is 13.8 Å². The maximum Gasteiger partial charge on any atom is 0.338 e. The fraction of sp³-hybridized carbons (Fsp3) is 0.333. The van der Waals surface area contributed by atoms with Crippen LogP contribution < -0.4 is 0 Å². The van der Waals surface area contributed by atoms with E-state index in [1.165, 1.54) is 7.11 Å². The molecular weight excluding hydrogens is 272 g/mol. The van der Waals surface area contributed by atoms with Gasteiger partial charge in [0.2, 0.25) is 0 Å². The summed E-state index contributed by atoms with van der Waals surface area (Å²) in [5.74, 6) is -0.624. The van der Waals surface area contributed by atoms with Gasteiger partial charge in [-0.25, -0.2) is 4.79 Å². The van der Waals surface area contributed by atoms with Crippen LogP contribution in [-0.4, -0.2) is 24.2 Å². The number of carbonyl (C=O) groups excluding carboxylic acids is 2. The molecule has 4 heteroatoms. The molecule has 1 rings (SSSR count). The molecule has 1 aromatic carbocycles. The van der Waals surface area contributed by atoms with Crippen LogP contribution in [0.25, 0.3) is 0 Å². The van der Waals surface area contributed by atoms with E-state index >= 15 is 0 Å². The van der Waals surface area contributed by atoms with Gasteiger partial charge in [0, 0.05) is 5.56 Å². The van der Waals surface area contributed by atoms with Crippen LogP contribution in [0.1, 0.15) is 34.6 Å². The number of esters is 1. The molecule has 0 aliphatic rings. The van der Waals surface area contributed by atoms with Crippen molar-refractivity contribution in [2.75, 3.05) is 12.4 Å². The Labute approximate surface area is 104 Å². The van der Waals surface area contributed by atoms with Crippen LogP contribution in [-0.2, 0) is 4.74 Å². The van der Waals surface area contributed by atoms with Crippen molar-refractivity contribution in [1.29, 1.82) is 0 Å². The van der Waals surface area contributed by atoms with E-state index in [0.29, 0.717) is 11.1 Å². The summed E-state index contributed by atoms with van der Waals surface area (Å²) in [6.07, 6.45) is 0. The number of hydrogen-bond acceptors (Lipinski definition) is 3. The SMILES string of the molecule is CC.COC(=O)c1ccccc1C(=O)CBr. The zero-order valence-corrected chi connectivity index (χ0v) is 11.2. The first-order valence-electron chi connectivity index (χ1n) is 4.97. The molecule has 0 saturated heterocycles. The van der Waals surface area contributed by atoms with Gasteiger partial charge in [0.25, 0.3) is 0 Å². The number of halogens is 1. The third-order valence-corrected chi connectivity index (χ3v) is 2.26. The van der Waals surface area contributed by atoms with Crippen LogP contribution in [0.4, 0.5) is 0 Å². The average Bonchev–Trinajstić information content (AvgIpc) is 2.39. The smallest absolute Gasteiger partial charge is 0.338 e. The lowest BCUT2D eigenvalue weighted by Crippen LogP contribution is -2.10. The Bertz CT molecular complexity index is 326. The van der Waals surface area contributed by atoms with Gasteiger partial charge in [-0.3, -0.25) is 4.79 Å². The van der Waals surface area contributed by atoms with Gasteiger partial charge in [-0.15, -0.1) is 0 Å². The van der Waals surface area contributed by atoms with Crippen molar-refractivity contribution in [2.45, 2.75) is 13.8 Å². The van der Waals surface area contributed by atoms with E-state index in [0.717, 1.165) is 0 Å². The molecule has 0 radical (unpaired) electrons. The van der Waals surface area contributed by atoms with Crippen molar-refractivity contribution < 1.29 is 14.3 Å². The highest BCUT2D eigenvalue weighted by Crippen LogP contribution is 2.11. The minimum absolute atomic E-state index is 0.133. The summed E-state index contributed by atoms with van der Waals surface area (Å²) >= 11 is 3.06. The number of ketones is 1. The first-order chi connectivity index (χ1) is 7.70. The van der Waals surface area contributed by atoms with E-state index in [2.05, 4.69) is 20.7 Å². The van der Waals surface area contributed by atoms with E-state index in [1.54, 1.807) is 24.3 Å². The third-order valence-electron chi connectivity index (χ3n) is 1.75. The fourth-order valence-electron chi connectivity index (χ4n) is 1.09. The summed E-state index contributed by atoms with van der Waals surface area (Å²) in [5, 5.41) is 0.195.